The van der Waals surface area contributed by atoms with Crippen molar-refractivity contribution in [3.8, 4) is 0 Å². The quantitative estimate of drug-likeness (QED) is 0.214. The van der Waals surface area contributed by atoms with E-state index in [1.807, 2.05) is 0 Å². The fourth-order valence-electron chi connectivity index (χ4n) is 2.98. The van der Waals surface area contributed by atoms with Gasteiger partial charge in [-0.3, -0.25) is 4.79 Å². The first-order valence-corrected chi connectivity index (χ1v) is 9.77. The molecule has 0 aromatic rings. The Hall–Kier alpha value is -0.140. The summed E-state index contributed by atoms with van der Waals surface area (Å²) in [6.07, 6.45) is 11.9. The number of amides is 1. The molecule has 0 radical (unpaired) electrons. The number of aliphatic hydroxyl groups is 2. The van der Waals surface area contributed by atoms with Crippen molar-refractivity contribution in [2.75, 3.05) is 6.61 Å². The fourth-order valence-corrected chi connectivity index (χ4v) is 2.98. The summed E-state index contributed by atoms with van der Waals surface area (Å²) in [7, 11) is 0. The number of carbonyl (C=O) groups is 2. The van der Waals surface area contributed by atoms with E-state index in [0.29, 0.717) is 6.42 Å². The van der Waals surface area contributed by atoms with Gasteiger partial charge in [0, 0.05) is 18.4 Å². The van der Waals surface area contributed by atoms with Crippen LogP contribution in [-0.2, 0) is 9.59 Å². The van der Waals surface area contributed by atoms with E-state index in [1.165, 1.54) is 44.9 Å². The van der Waals surface area contributed by atoms with Gasteiger partial charge in [-0.25, -0.2) is 0 Å². The Bertz CT molecular complexity index is 355. The first-order chi connectivity index (χ1) is 12.0. The van der Waals surface area contributed by atoms with E-state index in [-0.39, 0.29) is 42.4 Å². The number of unbranched alkanes of at least 4 members (excludes halogenated alkanes) is 9. The smallest absolute Gasteiger partial charge is 0.550 e. The Kier molecular flexibility index (Phi) is 21.2. The predicted octanol–water partition coefficient (Wildman–Crippen LogP) is -1.33. The minimum Gasteiger partial charge on any atom is -0.550 e. The molecule has 1 amide bonds. The van der Waals surface area contributed by atoms with Crippen LogP contribution in [0, 0.1) is 0 Å². The average Bonchev–Trinajstić information content (AvgIpc) is 2.55. The summed E-state index contributed by atoms with van der Waals surface area (Å²) in [6.45, 7) is 1.52. The Labute approximate surface area is 180 Å². The van der Waals surface area contributed by atoms with Crippen LogP contribution in [0.1, 0.15) is 90.4 Å². The molecule has 0 aliphatic carbocycles. The van der Waals surface area contributed by atoms with Crippen LogP contribution < -0.4 is 40.0 Å². The number of aliphatic carboxylic acids is 1. The van der Waals surface area contributed by atoms with Gasteiger partial charge in [0.05, 0.1) is 6.10 Å². The van der Waals surface area contributed by atoms with Crippen LogP contribution in [0.4, 0.5) is 0 Å². The molecule has 0 aliphatic heterocycles. The van der Waals surface area contributed by atoms with Gasteiger partial charge in [0.25, 0.3) is 0 Å². The van der Waals surface area contributed by atoms with Crippen molar-refractivity contribution in [3.05, 3.63) is 0 Å². The second-order valence-corrected chi connectivity index (χ2v) is 6.86. The zero-order chi connectivity index (χ0) is 18.9. The zero-order valence-electron chi connectivity index (χ0n) is 16.7. The molecule has 0 aromatic heterocycles. The van der Waals surface area contributed by atoms with Crippen molar-refractivity contribution in [1.82, 2.24) is 5.32 Å². The fraction of sp³-hybridized carbons (Fsp3) is 0.895. The molecular weight excluding hydrogens is 345 g/mol. The topological polar surface area (TPSA) is 110 Å². The Balaban J connectivity index is 0. The molecule has 0 bridgehead atoms. The van der Waals surface area contributed by atoms with Gasteiger partial charge in [-0.1, -0.05) is 71.1 Å². The average molecular weight is 381 g/mol. The molecule has 0 heterocycles. The third-order valence-electron chi connectivity index (χ3n) is 4.37. The van der Waals surface area contributed by atoms with Crippen molar-refractivity contribution in [3.63, 3.8) is 0 Å². The van der Waals surface area contributed by atoms with E-state index < -0.39 is 30.6 Å². The number of carboxylic acids is 1. The Morgan fingerprint density at radius 2 is 1.46 bits per heavy atom. The van der Waals surface area contributed by atoms with Gasteiger partial charge >= 0.3 is 29.6 Å². The van der Waals surface area contributed by atoms with Gasteiger partial charge < -0.3 is 25.4 Å². The van der Waals surface area contributed by atoms with E-state index in [9.17, 15) is 19.8 Å². The van der Waals surface area contributed by atoms with Crippen LogP contribution in [0.3, 0.4) is 0 Å². The summed E-state index contributed by atoms with van der Waals surface area (Å²) in [5.41, 5.74) is 0. The minimum absolute atomic E-state index is 0. The molecule has 0 saturated heterocycles. The largest absolute Gasteiger partial charge is 1.00 e. The molecule has 0 saturated carbocycles. The second-order valence-electron chi connectivity index (χ2n) is 6.86. The number of rotatable bonds is 17. The first-order valence-electron chi connectivity index (χ1n) is 9.77. The van der Waals surface area contributed by atoms with E-state index in [2.05, 4.69) is 12.2 Å². The number of nitrogens with one attached hydrogen (secondary N) is 1. The maximum absolute atomic E-state index is 11.2. The summed E-state index contributed by atoms with van der Waals surface area (Å²) in [5, 5.41) is 31.8. The van der Waals surface area contributed by atoms with E-state index >= 15 is 0 Å². The van der Waals surface area contributed by atoms with Crippen LogP contribution in [0.25, 0.3) is 0 Å². The Morgan fingerprint density at radius 3 is 1.92 bits per heavy atom. The van der Waals surface area contributed by atoms with Crippen molar-refractivity contribution >= 4 is 11.9 Å². The van der Waals surface area contributed by atoms with Crippen molar-refractivity contribution in [1.29, 1.82) is 0 Å². The van der Waals surface area contributed by atoms with Gasteiger partial charge in [-0.05, 0) is 12.8 Å². The molecular formula is C19H36NNaO5. The van der Waals surface area contributed by atoms with Crippen LogP contribution in [0.2, 0.25) is 0 Å². The standard InChI is InChI=1S/C19H37NO5.Na/c1-2-3-4-5-6-7-8-9-10-11-12-17(22)13-16(14-19(24)25)20-18(23)15-21;/h16-17,21-22H,2-15H2,1H3,(H,20,23)(H,24,25);/q;+1/p-1. The predicted molar refractivity (Wildman–Crippen MR) is 95.7 cm³/mol. The molecule has 3 N–H and O–H groups in total. The number of hydrogen-bond donors (Lipinski definition) is 3. The molecule has 0 rings (SSSR count). The normalized spacial score (nSPS) is 12.9. The third kappa shape index (κ3) is 18.6. The molecule has 0 aromatic carbocycles. The summed E-state index contributed by atoms with van der Waals surface area (Å²) in [4.78, 5) is 21.9. The van der Waals surface area contributed by atoms with Crippen molar-refractivity contribution in [2.45, 2.75) is 103 Å². The molecule has 2 atom stereocenters. The van der Waals surface area contributed by atoms with Gasteiger partial charge in [-0.15, -0.1) is 0 Å². The maximum atomic E-state index is 11.2. The number of aliphatic hydroxyl groups excluding tert-OH is 2. The first kappa shape index (κ1) is 28.1. The van der Waals surface area contributed by atoms with Gasteiger partial charge in [0.15, 0.2) is 0 Å². The SMILES string of the molecule is CCCCCCCCCCCCC(O)CC(CC(=O)[O-])NC(=O)CO.[Na+]. The molecule has 0 spiro atoms. The summed E-state index contributed by atoms with van der Waals surface area (Å²) >= 11 is 0. The molecule has 26 heavy (non-hydrogen) atoms. The van der Waals surface area contributed by atoms with Gasteiger partial charge in [0.2, 0.25) is 5.91 Å². The maximum Gasteiger partial charge on any atom is 1.00 e. The monoisotopic (exact) mass is 381 g/mol. The van der Waals surface area contributed by atoms with Gasteiger partial charge in [0.1, 0.15) is 6.61 Å². The Morgan fingerprint density at radius 1 is 0.962 bits per heavy atom. The molecule has 7 heteroatoms. The molecule has 6 nitrogen and oxygen atoms in total. The third-order valence-corrected chi connectivity index (χ3v) is 4.37. The molecule has 148 valence electrons. The van der Waals surface area contributed by atoms with Crippen molar-refractivity contribution in [2.24, 2.45) is 0 Å². The number of carboxylic acid groups (broad SMARTS) is 1. The molecule has 2 unspecified atom stereocenters. The van der Waals surface area contributed by atoms with Gasteiger partial charge in [-0.2, -0.15) is 0 Å². The van der Waals surface area contributed by atoms with E-state index in [0.717, 1.165) is 19.3 Å². The summed E-state index contributed by atoms with van der Waals surface area (Å²) < 4.78 is 0. The molecule has 0 aliphatic rings. The second kappa shape index (κ2) is 19.6. The number of hydrogen-bond acceptors (Lipinski definition) is 5. The van der Waals surface area contributed by atoms with E-state index in [1.54, 1.807) is 0 Å². The summed E-state index contributed by atoms with van der Waals surface area (Å²) in [5.74, 6) is -1.92. The van der Waals surface area contributed by atoms with E-state index in [4.69, 9.17) is 5.11 Å². The number of carbonyl (C=O) groups excluding carboxylic acids is 2. The minimum atomic E-state index is -1.28. The van der Waals surface area contributed by atoms with Crippen LogP contribution in [0.15, 0.2) is 0 Å². The summed E-state index contributed by atoms with van der Waals surface area (Å²) in [6, 6.07) is -0.706. The molecule has 0 fully saturated rings. The van der Waals surface area contributed by atoms with Crippen molar-refractivity contribution < 1.29 is 54.5 Å². The van der Waals surface area contributed by atoms with Crippen LogP contribution >= 0.6 is 0 Å². The zero-order valence-corrected chi connectivity index (χ0v) is 18.7. The van der Waals surface area contributed by atoms with Crippen LogP contribution in [-0.4, -0.2) is 40.8 Å². The van der Waals surface area contributed by atoms with Crippen LogP contribution in [0.5, 0.6) is 0 Å².